The van der Waals surface area contributed by atoms with Crippen molar-refractivity contribution in [1.29, 1.82) is 5.26 Å². The third kappa shape index (κ3) is 3.75. The van der Waals surface area contributed by atoms with Gasteiger partial charge in [-0.25, -0.2) is 0 Å². The van der Waals surface area contributed by atoms with Gasteiger partial charge in [-0.15, -0.1) is 0 Å². The molecule has 5 nitrogen and oxygen atoms in total. The molecule has 1 aromatic rings. The van der Waals surface area contributed by atoms with E-state index in [1.54, 1.807) is 0 Å². The third-order valence-electron chi connectivity index (χ3n) is 3.07. The van der Waals surface area contributed by atoms with Gasteiger partial charge in [-0.2, -0.15) is 10.4 Å². The summed E-state index contributed by atoms with van der Waals surface area (Å²) in [7, 11) is 0. The van der Waals surface area contributed by atoms with Crippen LogP contribution in [0.3, 0.4) is 0 Å². The maximum atomic E-state index is 8.62. The maximum Gasteiger partial charge on any atom is 0.145 e. The van der Waals surface area contributed by atoms with Gasteiger partial charge >= 0.3 is 0 Å². The monoisotopic (exact) mass is 233 g/mol. The van der Waals surface area contributed by atoms with Crippen LogP contribution in [0, 0.1) is 11.3 Å². The number of anilines is 1. The summed E-state index contributed by atoms with van der Waals surface area (Å²) in [5.41, 5.74) is 5.56. The standard InChI is InChI=1S/C12H19N5/c13-6-1-7-16(11-3-4-11)8-2-9-17-10-5-12(14)15-17/h5,10-11H,1-4,7-9H2,(H2,14,15). The second kappa shape index (κ2) is 5.69. The molecule has 1 fully saturated rings. The quantitative estimate of drug-likeness (QED) is 0.769. The number of hydrogen-bond acceptors (Lipinski definition) is 4. The van der Waals surface area contributed by atoms with Gasteiger partial charge < -0.3 is 5.73 Å². The van der Waals surface area contributed by atoms with Crippen LogP contribution >= 0.6 is 0 Å². The lowest BCUT2D eigenvalue weighted by Gasteiger charge is -2.20. The molecule has 1 aliphatic carbocycles. The Morgan fingerprint density at radius 2 is 2.35 bits per heavy atom. The van der Waals surface area contributed by atoms with E-state index in [0.29, 0.717) is 12.2 Å². The van der Waals surface area contributed by atoms with Crippen molar-refractivity contribution >= 4 is 5.82 Å². The number of rotatable bonds is 7. The van der Waals surface area contributed by atoms with Crippen molar-refractivity contribution in [3.8, 4) is 6.07 Å². The highest BCUT2D eigenvalue weighted by atomic mass is 15.3. The summed E-state index contributed by atoms with van der Waals surface area (Å²) in [5.74, 6) is 0.577. The zero-order chi connectivity index (χ0) is 12.1. The average Bonchev–Trinajstić information content (AvgIpc) is 3.08. The Kier molecular flexibility index (Phi) is 3.99. The van der Waals surface area contributed by atoms with Crippen molar-refractivity contribution in [3.63, 3.8) is 0 Å². The number of nitrogens with two attached hydrogens (primary N) is 1. The Morgan fingerprint density at radius 1 is 1.53 bits per heavy atom. The zero-order valence-electron chi connectivity index (χ0n) is 10.0. The second-order valence-corrected chi connectivity index (χ2v) is 4.53. The fourth-order valence-electron chi connectivity index (χ4n) is 2.05. The van der Waals surface area contributed by atoms with Gasteiger partial charge in [-0.05, 0) is 25.3 Å². The first-order chi connectivity index (χ1) is 8.29. The highest BCUT2D eigenvalue weighted by molar-refractivity contribution is 5.23. The first-order valence-electron chi connectivity index (χ1n) is 6.19. The lowest BCUT2D eigenvalue weighted by molar-refractivity contribution is 0.259. The van der Waals surface area contributed by atoms with E-state index < -0.39 is 0 Å². The van der Waals surface area contributed by atoms with Gasteiger partial charge in [0.1, 0.15) is 5.82 Å². The first kappa shape index (κ1) is 11.9. The van der Waals surface area contributed by atoms with E-state index >= 15 is 0 Å². The van der Waals surface area contributed by atoms with E-state index in [1.165, 1.54) is 12.8 Å². The van der Waals surface area contributed by atoms with E-state index in [-0.39, 0.29) is 0 Å². The summed E-state index contributed by atoms with van der Waals surface area (Å²) < 4.78 is 1.88. The maximum absolute atomic E-state index is 8.62. The molecule has 17 heavy (non-hydrogen) atoms. The highest BCUT2D eigenvalue weighted by Crippen LogP contribution is 2.26. The van der Waals surface area contributed by atoms with Crippen LogP contribution in [0.5, 0.6) is 0 Å². The van der Waals surface area contributed by atoms with E-state index in [1.807, 2.05) is 16.9 Å². The lowest BCUT2D eigenvalue weighted by Crippen LogP contribution is -2.28. The number of nitrogens with zero attached hydrogens (tertiary/aromatic N) is 4. The summed E-state index contributed by atoms with van der Waals surface area (Å²) in [6.45, 7) is 2.85. The molecular weight excluding hydrogens is 214 g/mol. The van der Waals surface area contributed by atoms with Crippen LogP contribution in [0.2, 0.25) is 0 Å². The van der Waals surface area contributed by atoms with Crippen molar-refractivity contribution in [2.45, 2.75) is 38.3 Å². The molecule has 2 rings (SSSR count). The fraction of sp³-hybridized carbons (Fsp3) is 0.667. The van der Waals surface area contributed by atoms with Crippen molar-refractivity contribution < 1.29 is 0 Å². The molecule has 1 aliphatic rings. The van der Waals surface area contributed by atoms with Crippen molar-refractivity contribution in [3.05, 3.63) is 12.3 Å². The summed E-state index contributed by atoms with van der Waals surface area (Å²) in [6.07, 6.45) is 6.18. The molecule has 1 saturated carbocycles. The van der Waals surface area contributed by atoms with E-state index in [9.17, 15) is 0 Å². The summed E-state index contributed by atoms with van der Waals surface area (Å²) in [5, 5.41) is 12.8. The molecule has 0 atom stereocenters. The van der Waals surface area contributed by atoms with Crippen LogP contribution in [-0.2, 0) is 6.54 Å². The van der Waals surface area contributed by atoms with Crippen molar-refractivity contribution in [2.75, 3.05) is 18.8 Å². The van der Waals surface area contributed by atoms with E-state index in [2.05, 4.69) is 16.1 Å². The van der Waals surface area contributed by atoms with Crippen LogP contribution in [0.1, 0.15) is 25.7 Å². The highest BCUT2D eigenvalue weighted by Gasteiger charge is 2.27. The molecule has 0 amide bonds. The molecule has 0 spiro atoms. The van der Waals surface area contributed by atoms with E-state index in [0.717, 1.165) is 32.1 Å². The Labute approximate surface area is 102 Å². The Bertz CT molecular complexity index is 388. The molecule has 0 saturated heterocycles. The molecule has 1 heterocycles. The molecular formula is C12H19N5. The predicted octanol–water partition coefficient (Wildman–Crippen LogP) is 1.23. The minimum atomic E-state index is 0.577. The largest absolute Gasteiger partial charge is 0.382 e. The number of aryl methyl sites for hydroxylation is 1. The lowest BCUT2D eigenvalue weighted by atomic mass is 10.3. The topological polar surface area (TPSA) is 70.9 Å². The van der Waals surface area contributed by atoms with Crippen molar-refractivity contribution in [2.24, 2.45) is 0 Å². The van der Waals surface area contributed by atoms with Crippen LogP contribution in [0.15, 0.2) is 12.3 Å². The molecule has 1 aromatic heterocycles. The molecule has 0 bridgehead atoms. The van der Waals surface area contributed by atoms with Gasteiger partial charge in [-0.3, -0.25) is 9.58 Å². The SMILES string of the molecule is N#CCCN(CCCn1ccc(N)n1)C1CC1. The van der Waals surface area contributed by atoms with Crippen LogP contribution < -0.4 is 5.73 Å². The average molecular weight is 233 g/mol. The number of nitriles is 1. The minimum absolute atomic E-state index is 0.577. The first-order valence-corrected chi connectivity index (χ1v) is 6.19. The number of aromatic nitrogens is 2. The van der Waals surface area contributed by atoms with E-state index in [4.69, 9.17) is 11.0 Å². The Balaban J connectivity index is 1.70. The molecule has 0 radical (unpaired) electrons. The predicted molar refractivity (Wildman–Crippen MR) is 66.1 cm³/mol. The summed E-state index contributed by atoms with van der Waals surface area (Å²) in [6, 6.07) is 4.76. The van der Waals surface area contributed by atoms with Gasteiger partial charge in [0.25, 0.3) is 0 Å². The molecule has 92 valence electrons. The van der Waals surface area contributed by atoms with Crippen LogP contribution in [0.4, 0.5) is 5.82 Å². The van der Waals surface area contributed by atoms with Gasteiger partial charge in [-0.1, -0.05) is 0 Å². The van der Waals surface area contributed by atoms with Crippen molar-refractivity contribution in [1.82, 2.24) is 14.7 Å². The molecule has 5 heteroatoms. The second-order valence-electron chi connectivity index (χ2n) is 4.53. The normalized spacial score (nSPS) is 15.1. The summed E-state index contributed by atoms with van der Waals surface area (Å²) >= 11 is 0. The molecule has 0 aliphatic heterocycles. The molecule has 2 N–H and O–H groups in total. The minimum Gasteiger partial charge on any atom is -0.382 e. The fourth-order valence-corrected chi connectivity index (χ4v) is 2.05. The number of nitrogen functional groups attached to an aromatic ring is 1. The Morgan fingerprint density at radius 3 is 2.94 bits per heavy atom. The van der Waals surface area contributed by atoms with Gasteiger partial charge in [0.15, 0.2) is 0 Å². The van der Waals surface area contributed by atoms with Crippen LogP contribution in [-0.4, -0.2) is 33.8 Å². The molecule has 0 unspecified atom stereocenters. The van der Waals surface area contributed by atoms with Gasteiger partial charge in [0.2, 0.25) is 0 Å². The smallest absolute Gasteiger partial charge is 0.145 e. The van der Waals surface area contributed by atoms with Gasteiger partial charge in [0, 0.05) is 38.3 Å². The zero-order valence-corrected chi connectivity index (χ0v) is 10.0. The Hall–Kier alpha value is -1.54. The number of hydrogen-bond donors (Lipinski definition) is 1. The molecule has 0 aromatic carbocycles. The third-order valence-corrected chi connectivity index (χ3v) is 3.07. The van der Waals surface area contributed by atoms with Gasteiger partial charge in [0.05, 0.1) is 6.07 Å². The summed E-state index contributed by atoms with van der Waals surface area (Å²) in [4.78, 5) is 2.43. The van der Waals surface area contributed by atoms with Crippen LogP contribution in [0.25, 0.3) is 0 Å².